The lowest BCUT2D eigenvalue weighted by Gasteiger charge is -2.16. The van der Waals surface area contributed by atoms with Gasteiger partial charge >= 0.3 is 0 Å². The molecule has 0 N–H and O–H groups in total. The van der Waals surface area contributed by atoms with Crippen molar-refractivity contribution < 1.29 is 0 Å². The van der Waals surface area contributed by atoms with E-state index in [1.807, 2.05) is 0 Å². The van der Waals surface area contributed by atoms with Crippen LogP contribution in [-0.4, -0.2) is 0 Å². The molecule has 0 heteroatoms. The molecule has 0 nitrogen and oxygen atoms in total. The standard InChI is InChI=1S/C8H15/c1-4-7-6-8(7,3)5-2/h4-6H2,1-3H3/q-1. The van der Waals surface area contributed by atoms with Gasteiger partial charge in [0.25, 0.3) is 0 Å². The largest absolute Gasteiger partial charge is 0.312 e. The summed E-state index contributed by atoms with van der Waals surface area (Å²) in [6.45, 7) is 6.91. The minimum atomic E-state index is 0.675. The fourth-order valence-corrected chi connectivity index (χ4v) is 1.35. The third kappa shape index (κ3) is 0.765. The predicted octanol–water partition coefficient (Wildman–Crippen LogP) is 2.79. The van der Waals surface area contributed by atoms with E-state index in [1.54, 1.807) is 5.92 Å². The van der Waals surface area contributed by atoms with E-state index in [0.717, 1.165) is 0 Å². The first-order valence-electron chi connectivity index (χ1n) is 3.58. The molecular weight excluding hydrogens is 96.1 g/mol. The Morgan fingerprint density at radius 1 is 1.50 bits per heavy atom. The van der Waals surface area contributed by atoms with Crippen LogP contribution in [0.5, 0.6) is 0 Å². The maximum absolute atomic E-state index is 2.37. The molecule has 1 aliphatic rings. The molecular formula is C8H15-. The minimum Gasteiger partial charge on any atom is -0.312 e. The molecule has 48 valence electrons. The third-order valence-corrected chi connectivity index (χ3v) is 2.54. The van der Waals surface area contributed by atoms with Crippen molar-refractivity contribution in [1.29, 1.82) is 0 Å². The zero-order chi connectivity index (χ0) is 6.20. The highest BCUT2D eigenvalue weighted by atomic mass is 14.5. The Balaban J connectivity index is 2.31. The summed E-state index contributed by atoms with van der Waals surface area (Å²) in [4.78, 5) is 0. The second-order valence-electron chi connectivity index (χ2n) is 3.05. The summed E-state index contributed by atoms with van der Waals surface area (Å²) in [6, 6.07) is 0. The van der Waals surface area contributed by atoms with Crippen LogP contribution in [-0.2, 0) is 0 Å². The summed E-state index contributed by atoms with van der Waals surface area (Å²) < 4.78 is 0. The first-order valence-corrected chi connectivity index (χ1v) is 3.58. The molecule has 0 aromatic carbocycles. The van der Waals surface area contributed by atoms with Gasteiger partial charge in [0.15, 0.2) is 0 Å². The van der Waals surface area contributed by atoms with Crippen LogP contribution >= 0.6 is 0 Å². The lowest BCUT2D eigenvalue weighted by atomic mass is 10.0. The van der Waals surface area contributed by atoms with Crippen molar-refractivity contribution in [2.75, 3.05) is 0 Å². The fourth-order valence-electron chi connectivity index (χ4n) is 1.35. The van der Waals surface area contributed by atoms with Crippen molar-refractivity contribution in [2.45, 2.75) is 40.0 Å². The molecule has 1 atom stereocenters. The fraction of sp³-hybridized carbons (Fsp3) is 0.875. The molecule has 0 aliphatic heterocycles. The maximum atomic E-state index is 2.37. The summed E-state index contributed by atoms with van der Waals surface area (Å²) in [5.41, 5.74) is 0.675. The number of rotatable bonds is 2. The molecule has 0 spiro atoms. The van der Waals surface area contributed by atoms with Gasteiger partial charge < -0.3 is 5.92 Å². The second kappa shape index (κ2) is 1.75. The average Bonchev–Trinajstić information content (AvgIpc) is 2.44. The van der Waals surface area contributed by atoms with E-state index in [4.69, 9.17) is 0 Å². The van der Waals surface area contributed by atoms with E-state index in [0.29, 0.717) is 5.41 Å². The van der Waals surface area contributed by atoms with E-state index < -0.39 is 0 Å². The lowest BCUT2D eigenvalue weighted by molar-refractivity contribution is 0.553. The van der Waals surface area contributed by atoms with Gasteiger partial charge in [-0.05, 0) is 0 Å². The normalized spacial score (nSPS) is 37.9. The van der Waals surface area contributed by atoms with Crippen molar-refractivity contribution in [2.24, 2.45) is 5.41 Å². The first-order chi connectivity index (χ1) is 3.73. The average molecular weight is 111 g/mol. The van der Waals surface area contributed by atoms with Gasteiger partial charge in [-0.2, -0.15) is 18.3 Å². The van der Waals surface area contributed by atoms with Crippen molar-refractivity contribution >= 4 is 0 Å². The molecule has 8 heavy (non-hydrogen) atoms. The van der Waals surface area contributed by atoms with Crippen LogP contribution in [0, 0.1) is 11.3 Å². The molecule has 1 fully saturated rings. The Morgan fingerprint density at radius 2 is 2.12 bits per heavy atom. The van der Waals surface area contributed by atoms with Crippen LogP contribution in [0.3, 0.4) is 0 Å². The van der Waals surface area contributed by atoms with Crippen LogP contribution in [0.15, 0.2) is 0 Å². The van der Waals surface area contributed by atoms with Gasteiger partial charge in [0.2, 0.25) is 0 Å². The molecule has 1 rings (SSSR count). The van der Waals surface area contributed by atoms with Crippen LogP contribution < -0.4 is 0 Å². The van der Waals surface area contributed by atoms with Crippen LogP contribution in [0.1, 0.15) is 40.0 Å². The molecule has 1 aliphatic carbocycles. The van der Waals surface area contributed by atoms with Crippen molar-refractivity contribution in [3.8, 4) is 0 Å². The van der Waals surface area contributed by atoms with E-state index in [2.05, 4.69) is 20.8 Å². The zero-order valence-electron chi connectivity index (χ0n) is 6.12. The molecule has 0 heterocycles. The predicted molar refractivity (Wildman–Crippen MR) is 36.5 cm³/mol. The second-order valence-corrected chi connectivity index (χ2v) is 3.05. The van der Waals surface area contributed by atoms with Crippen molar-refractivity contribution in [3.05, 3.63) is 5.92 Å². The number of hydrogen-bond acceptors (Lipinski definition) is 0. The Hall–Kier alpha value is 0. The zero-order valence-corrected chi connectivity index (χ0v) is 6.12. The van der Waals surface area contributed by atoms with E-state index in [1.165, 1.54) is 19.3 Å². The summed E-state index contributed by atoms with van der Waals surface area (Å²) in [5.74, 6) is 1.78. The number of hydrogen-bond donors (Lipinski definition) is 0. The highest BCUT2D eigenvalue weighted by Crippen LogP contribution is 2.58. The van der Waals surface area contributed by atoms with E-state index in [-0.39, 0.29) is 0 Å². The van der Waals surface area contributed by atoms with Crippen LogP contribution in [0.4, 0.5) is 0 Å². The molecule has 0 aromatic rings. The molecule has 0 radical (unpaired) electrons. The highest BCUT2D eigenvalue weighted by molar-refractivity contribution is 5.21. The SMILES string of the molecule is CC[C-]1CC1(C)CC. The smallest absolute Gasteiger partial charge is 0.0674 e. The van der Waals surface area contributed by atoms with Gasteiger partial charge in [-0.15, -0.1) is 0 Å². The van der Waals surface area contributed by atoms with Gasteiger partial charge in [-0.3, -0.25) is 0 Å². The van der Waals surface area contributed by atoms with Gasteiger partial charge in [-0.25, -0.2) is 0 Å². The maximum Gasteiger partial charge on any atom is -0.0674 e. The molecule has 0 amide bonds. The highest BCUT2D eigenvalue weighted by Gasteiger charge is 2.30. The third-order valence-electron chi connectivity index (χ3n) is 2.54. The van der Waals surface area contributed by atoms with Crippen LogP contribution in [0.2, 0.25) is 0 Å². The molecule has 1 saturated carbocycles. The monoisotopic (exact) mass is 111 g/mol. The summed E-state index contributed by atoms with van der Waals surface area (Å²) in [6.07, 6.45) is 4.06. The Bertz CT molecular complexity index is 86.0. The molecule has 0 bridgehead atoms. The summed E-state index contributed by atoms with van der Waals surface area (Å²) in [5, 5.41) is 0. The minimum absolute atomic E-state index is 0.675. The van der Waals surface area contributed by atoms with E-state index >= 15 is 0 Å². The van der Waals surface area contributed by atoms with E-state index in [9.17, 15) is 0 Å². The molecule has 1 unspecified atom stereocenters. The summed E-state index contributed by atoms with van der Waals surface area (Å²) >= 11 is 0. The van der Waals surface area contributed by atoms with Gasteiger partial charge in [0, 0.05) is 0 Å². The topological polar surface area (TPSA) is 0 Å². The lowest BCUT2D eigenvalue weighted by Crippen LogP contribution is -1.91. The summed E-state index contributed by atoms with van der Waals surface area (Å²) in [7, 11) is 0. The van der Waals surface area contributed by atoms with Crippen molar-refractivity contribution in [1.82, 2.24) is 0 Å². The Kier molecular flexibility index (Phi) is 1.34. The first kappa shape index (κ1) is 6.12. The van der Waals surface area contributed by atoms with Crippen molar-refractivity contribution in [3.63, 3.8) is 0 Å². The van der Waals surface area contributed by atoms with Crippen LogP contribution in [0.25, 0.3) is 0 Å². The van der Waals surface area contributed by atoms with Gasteiger partial charge in [0.05, 0.1) is 0 Å². The van der Waals surface area contributed by atoms with Gasteiger partial charge in [0.1, 0.15) is 0 Å². The Morgan fingerprint density at radius 3 is 2.25 bits per heavy atom. The molecule has 0 aromatic heterocycles. The molecule has 0 saturated heterocycles. The quantitative estimate of drug-likeness (QED) is 0.481. The van der Waals surface area contributed by atoms with Gasteiger partial charge in [-0.1, -0.05) is 27.2 Å². The Labute approximate surface area is 52.3 Å².